The molecule has 128 valence electrons. The molecule has 0 aliphatic carbocycles. The van der Waals surface area contributed by atoms with Crippen LogP contribution in [0.5, 0.6) is 0 Å². The Morgan fingerprint density at radius 2 is 1.83 bits per heavy atom. The van der Waals surface area contributed by atoms with Crippen LogP contribution in [0.1, 0.15) is 34.3 Å². The highest BCUT2D eigenvalue weighted by molar-refractivity contribution is 7.91. The van der Waals surface area contributed by atoms with Gasteiger partial charge in [-0.15, -0.1) is 0 Å². The molecule has 0 saturated heterocycles. The van der Waals surface area contributed by atoms with Crippen LogP contribution in [0.2, 0.25) is 0 Å². The number of amides is 1. The average Bonchev–Trinajstić information content (AvgIpc) is 2.57. The second-order valence-electron chi connectivity index (χ2n) is 5.27. The van der Waals surface area contributed by atoms with Crippen molar-refractivity contribution in [1.29, 1.82) is 0 Å². The number of nitrogens with two attached hydrogens (primary N) is 1. The first kappa shape index (κ1) is 18.1. The molecule has 1 atom stereocenters. The van der Waals surface area contributed by atoms with Gasteiger partial charge in [0.2, 0.25) is 5.91 Å². The SMILES string of the molecule is CCS(=O)(=O)c1ccc(C(CO)c2c(F)cccc2C(N)=O)cc1. The molecule has 0 saturated carbocycles. The van der Waals surface area contributed by atoms with Gasteiger partial charge in [-0.1, -0.05) is 25.1 Å². The van der Waals surface area contributed by atoms with E-state index in [9.17, 15) is 22.7 Å². The van der Waals surface area contributed by atoms with Crippen LogP contribution >= 0.6 is 0 Å². The number of benzene rings is 2. The molecule has 0 fully saturated rings. The molecule has 0 radical (unpaired) electrons. The summed E-state index contributed by atoms with van der Waals surface area (Å²) in [5, 5.41) is 9.70. The number of sulfone groups is 1. The van der Waals surface area contributed by atoms with Crippen molar-refractivity contribution in [3.63, 3.8) is 0 Å². The van der Waals surface area contributed by atoms with E-state index in [2.05, 4.69) is 0 Å². The Morgan fingerprint density at radius 3 is 2.33 bits per heavy atom. The van der Waals surface area contributed by atoms with Crippen LogP contribution in [0.15, 0.2) is 47.4 Å². The summed E-state index contributed by atoms with van der Waals surface area (Å²) >= 11 is 0. The Morgan fingerprint density at radius 1 is 1.21 bits per heavy atom. The van der Waals surface area contributed by atoms with Gasteiger partial charge in [0.1, 0.15) is 5.82 Å². The van der Waals surface area contributed by atoms with Crippen LogP contribution in [0.3, 0.4) is 0 Å². The zero-order valence-corrected chi connectivity index (χ0v) is 13.9. The minimum atomic E-state index is -3.35. The molecule has 0 spiro atoms. The largest absolute Gasteiger partial charge is 0.395 e. The smallest absolute Gasteiger partial charge is 0.249 e. The summed E-state index contributed by atoms with van der Waals surface area (Å²) in [5.41, 5.74) is 5.76. The molecule has 2 aromatic rings. The minimum Gasteiger partial charge on any atom is -0.395 e. The van der Waals surface area contributed by atoms with E-state index in [0.717, 1.165) is 0 Å². The lowest BCUT2D eigenvalue weighted by molar-refractivity contribution is 0.0998. The monoisotopic (exact) mass is 351 g/mol. The van der Waals surface area contributed by atoms with Gasteiger partial charge in [-0.25, -0.2) is 12.8 Å². The first-order chi connectivity index (χ1) is 11.3. The lowest BCUT2D eigenvalue weighted by Crippen LogP contribution is -2.19. The zero-order chi connectivity index (χ0) is 17.9. The fourth-order valence-electron chi connectivity index (χ4n) is 2.54. The molecular formula is C17H18FNO4S. The maximum Gasteiger partial charge on any atom is 0.249 e. The van der Waals surface area contributed by atoms with E-state index in [1.54, 1.807) is 0 Å². The number of primary amides is 1. The first-order valence-corrected chi connectivity index (χ1v) is 8.98. The summed E-state index contributed by atoms with van der Waals surface area (Å²) in [6.07, 6.45) is 0. The van der Waals surface area contributed by atoms with Crippen LogP contribution < -0.4 is 5.73 Å². The Kier molecular flexibility index (Phi) is 5.36. The standard InChI is InChI=1S/C17H18FNO4S/c1-2-24(22,23)12-8-6-11(7-9-12)14(10-20)16-13(17(19)21)4-3-5-15(16)18/h3-9,14,20H,2,10H2,1H3,(H2,19,21). The molecule has 2 aromatic carbocycles. The summed E-state index contributed by atoms with van der Waals surface area (Å²) in [6.45, 7) is 1.08. The molecule has 5 nitrogen and oxygen atoms in total. The fraction of sp³-hybridized carbons (Fsp3) is 0.235. The molecule has 1 unspecified atom stereocenters. The van der Waals surface area contributed by atoms with Crippen LogP contribution in [0, 0.1) is 5.82 Å². The second-order valence-corrected chi connectivity index (χ2v) is 7.55. The second kappa shape index (κ2) is 7.11. The van der Waals surface area contributed by atoms with E-state index in [1.807, 2.05) is 0 Å². The Balaban J connectivity index is 2.53. The number of hydrogen-bond donors (Lipinski definition) is 2. The van der Waals surface area contributed by atoms with Crippen molar-refractivity contribution >= 4 is 15.7 Å². The number of carbonyl (C=O) groups excluding carboxylic acids is 1. The van der Waals surface area contributed by atoms with Crippen LogP contribution in [0.25, 0.3) is 0 Å². The molecule has 0 aromatic heterocycles. The van der Waals surface area contributed by atoms with Gasteiger partial charge in [-0.2, -0.15) is 0 Å². The third kappa shape index (κ3) is 3.47. The summed E-state index contributed by atoms with van der Waals surface area (Å²) in [6, 6.07) is 9.74. The highest BCUT2D eigenvalue weighted by Gasteiger charge is 2.23. The number of aliphatic hydroxyl groups excluding tert-OH is 1. The lowest BCUT2D eigenvalue weighted by atomic mass is 9.88. The lowest BCUT2D eigenvalue weighted by Gasteiger charge is -2.19. The average molecular weight is 351 g/mol. The molecule has 24 heavy (non-hydrogen) atoms. The third-order valence-corrected chi connectivity index (χ3v) is 5.62. The molecule has 0 aliphatic rings. The minimum absolute atomic E-state index is 0.00130. The van der Waals surface area contributed by atoms with E-state index in [0.29, 0.717) is 5.56 Å². The predicted molar refractivity (Wildman–Crippen MR) is 88.0 cm³/mol. The molecule has 7 heteroatoms. The van der Waals surface area contributed by atoms with E-state index < -0.39 is 34.1 Å². The van der Waals surface area contributed by atoms with E-state index in [-0.39, 0.29) is 21.8 Å². The van der Waals surface area contributed by atoms with Gasteiger partial charge >= 0.3 is 0 Å². The molecule has 0 heterocycles. The van der Waals surface area contributed by atoms with E-state index in [4.69, 9.17) is 5.73 Å². The molecule has 3 N–H and O–H groups in total. The Bertz CT molecular complexity index is 847. The summed E-state index contributed by atoms with van der Waals surface area (Å²) in [5.74, 6) is -2.31. The number of rotatable bonds is 6. The number of aliphatic hydroxyl groups is 1. The van der Waals surface area contributed by atoms with Crippen molar-refractivity contribution < 1.29 is 22.7 Å². The molecule has 2 rings (SSSR count). The van der Waals surface area contributed by atoms with Crippen molar-refractivity contribution in [1.82, 2.24) is 0 Å². The van der Waals surface area contributed by atoms with Gasteiger partial charge in [-0.3, -0.25) is 4.79 Å². The molecular weight excluding hydrogens is 333 g/mol. The van der Waals surface area contributed by atoms with Gasteiger partial charge < -0.3 is 10.8 Å². The fourth-order valence-corrected chi connectivity index (χ4v) is 3.43. The van der Waals surface area contributed by atoms with Gasteiger partial charge in [0.15, 0.2) is 9.84 Å². The van der Waals surface area contributed by atoms with Gasteiger partial charge in [-0.05, 0) is 29.8 Å². The maximum absolute atomic E-state index is 14.2. The van der Waals surface area contributed by atoms with Gasteiger partial charge in [0.05, 0.1) is 17.3 Å². The number of halogens is 1. The van der Waals surface area contributed by atoms with Crippen LogP contribution in [-0.2, 0) is 9.84 Å². The molecule has 0 aliphatic heterocycles. The topological polar surface area (TPSA) is 97.5 Å². The van der Waals surface area contributed by atoms with E-state index in [1.165, 1.54) is 49.4 Å². The van der Waals surface area contributed by atoms with Gasteiger partial charge in [0, 0.05) is 17.0 Å². The third-order valence-electron chi connectivity index (χ3n) is 3.87. The van der Waals surface area contributed by atoms with Crippen LogP contribution in [0.4, 0.5) is 4.39 Å². The highest BCUT2D eigenvalue weighted by atomic mass is 32.2. The van der Waals surface area contributed by atoms with Crippen LogP contribution in [-0.4, -0.2) is 31.8 Å². The Hall–Kier alpha value is -2.25. The Labute approximate surface area is 139 Å². The van der Waals surface area contributed by atoms with Crippen molar-refractivity contribution in [2.24, 2.45) is 5.73 Å². The summed E-state index contributed by atoms with van der Waals surface area (Å²) < 4.78 is 37.9. The number of hydrogen-bond acceptors (Lipinski definition) is 4. The van der Waals surface area contributed by atoms with Crippen molar-refractivity contribution in [3.05, 3.63) is 65.0 Å². The van der Waals surface area contributed by atoms with Crippen molar-refractivity contribution in [3.8, 4) is 0 Å². The van der Waals surface area contributed by atoms with Gasteiger partial charge in [0.25, 0.3) is 0 Å². The molecule has 1 amide bonds. The molecule has 0 bridgehead atoms. The summed E-state index contributed by atoms with van der Waals surface area (Å²) in [4.78, 5) is 11.7. The van der Waals surface area contributed by atoms with E-state index >= 15 is 0 Å². The summed E-state index contributed by atoms with van der Waals surface area (Å²) in [7, 11) is -3.35. The van der Waals surface area contributed by atoms with Crippen molar-refractivity contribution in [2.75, 3.05) is 12.4 Å². The van der Waals surface area contributed by atoms with Crippen molar-refractivity contribution in [2.45, 2.75) is 17.7 Å². The maximum atomic E-state index is 14.2. The first-order valence-electron chi connectivity index (χ1n) is 7.33. The normalized spacial score (nSPS) is 12.8. The quantitative estimate of drug-likeness (QED) is 0.830. The highest BCUT2D eigenvalue weighted by Crippen LogP contribution is 2.30. The number of carbonyl (C=O) groups is 1. The predicted octanol–water partition coefficient (Wildman–Crippen LogP) is 1.84. The zero-order valence-electron chi connectivity index (χ0n) is 13.1.